The largest absolute Gasteiger partial charge is 0.354 e. The average molecular weight is 445 g/mol. The number of rotatable bonds is 4. The summed E-state index contributed by atoms with van der Waals surface area (Å²) < 4.78 is 0. The molecule has 1 amide bonds. The van der Waals surface area contributed by atoms with Crippen molar-refractivity contribution in [1.29, 1.82) is 0 Å². The van der Waals surface area contributed by atoms with Crippen LogP contribution in [0.15, 0.2) is 84.9 Å². The number of carbonyl (C=O) groups is 1. The molecule has 5 aromatic rings. The maximum absolute atomic E-state index is 12.8. The number of aromatic amines is 1. The first-order valence-corrected chi connectivity index (χ1v) is 10.7. The highest BCUT2D eigenvalue weighted by atomic mass is 35.5. The number of nitrogens with one attached hydrogen (secondary N) is 2. The average Bonchev–Trinajstić information content (AvgIpc) is 3.16. The Labute approximate surface area is 189 Å². The van der Waals surface area contributed by atoms with Crippen LogP contribution in [0.3, 0.4) is 0 Å². The van der Waals surface area contributed by atoms with Crippen molar-refractivity contribution in [2.24, 2.45) is 0 Å². The number of carbonyl (C=O) groups excluding carboxylic acids is 1. The molecule has 0 fully saturated rings. The van der Waals surface area contributed by atoms with Gasteiger partial charge in [0.1, 0.15) is 0 Å². The highest BCUT2D eigenvalue weighted by Crippen LogP contribution is 2.36. The lowest BCUT2D eigenvalue weighted by Gasteiger charge is -2.12. The third-order valence-electron chi connectivity index (χ3n) is 5.38. The molecule has 3 nitrogen and oxygen atoms in total. The summed E-state index contributed by atoms with van der Waals surface area (Å²) in [5, 5.41) is 6.32. The molecular weight excluding hydrogens is 427 g/mol. The van der Waals surface area contributed by atoms with Crippen LogP contribution in [-0.2, 0) is 11.2 Å². The Morgan fingerprint density at radius 3 is 2.39 bits per heavy atom. The van der Waals surface area contributed by atoms with E-state index in [2.05, 4.69) is 34.6 Å². The Bertz CT molecular complexity index is 1440. The van der Waals surface area contributed by atoms with Crippen molar-refractivity contribution < 1.29 is 4.79 Å². The molecular formula is C26H18Cl2N2O. The highest BCUT2D eigenvalue weighted by molar-refractivity contribution is 6.42. The van der Waals surface area contributed by atoms with E-state index in [0.29, 0.717) is 10.0 Å². The summed E-state index contributed by atoms with van der Waals surface area (Å²) in [6.07, 6.45) is 0.210. The van der Waals surface area contributed by atoms with Crippen molar-refractivity contribution in [3.8, 4) is 11.1 Å². The molecule has 31 heavy (non-hydrogen) atoms. The van der Waals surface area contributed by atoms with Gasteiger partial charge in [-0.25, -0.2) is 0 Å². The third-order valence-corrected chi connectivity index (χ3v) is 6.12. The van der Waals surface area contributed by atoms with Gasteiger partial charge in [-0.15, -0.1) is 0 Å². The van der Waals surface area contributed by atoms with E-state index < -0.39 is 0 Å². The van der Waals surface area contributed by atoms with Gasteiger partial charge in [0.05, 0.1) is 22.0 Å². The Balaban J connectivity index is 1.51. The molecule has 0 aliphatic heterocycles. The van der Waals surface area contributed by atoms with Crippen LogP contribution in [0.25, 0.3) is 32.9 Å². The van der Waals surface area contributed by atoms with E-state index in [1.807, 2.05) is 48.5 Å². The van der Waals surface area contributed by atoms with Gasteiger partial charge in [-0.3, -0.25) is 4.79 Å². The van der Waals surface area contributed by atoms with Gasteiger partial charge in [0, 0.05) is 33.1 Å². The van der Waals surface area contributed by atoms with E-state index in [-0.39, 0.29) is 12.3 Å². The minimum absolute atomic E-state index is 0.116. The maximum Gasteiger partial charge on any atom is 0.228 e. The number of hydrogen-bond acceptors (Lipinski definition) is 1. The summed E-state index contributed by atoms with van der Waals surface area (Å²) in [5.41, 5.74) is 5.71. The molecule has 4 aromatic carbocycles. The minimum atomic E-state index is -0.116. The molecule has 5 heteroatoms. The number of aromatic nitrogens is 1. The van der Waals surface area contributed by atoms with Gasteiger partial charge in [0.15, 0.2) is 0 Å². The third kappa shape index (κ3) is 3.78. The molecule has 2 N–H and O–H groups in total. The van der Waals surface area contributed by atoms with E-state index in [9.17, 15) is 4.79 Å². The Hall–Kier alpha value is -3.27. The van der Waals surface area contributed by atoms with Gasteiger partial charge in [0.2, 0.25) is 5.91 Å². The Morgan fingerprint density at radius 1 is 0.774 bits per heavy atom. The molecule has 0 unspecified atom stereocenters. The second kappa shape index (κ2) is 8.10. The molecule has 5 rings (SSSR count). The second-order valence-electron chi connectivity index (χ2n) is 7.42. The molecule has 0 saturated carbocycles. The lowest BCUT2D eigenvalue weighted by molar-refractivity contribution is -0.115. The van der Waals surface area contributed by atoms with Crippen molar-refractivity contribution in [2.45, 2.75) is 6.42 Å². The standard InChI is InChI=1S/C26H18Cl2N2O/c27-21-13-12-16(14-22(21)28)15-25(31)29-23-10-3-1-6-17(23)19-8-5-9-20-18-7-2-4-11-24(18)30-26(19)20/h1-14,30H,15H2,(H,29,31). The van der Waals surface area contributed by atoms with Gasteiger partial charge in [-0.05, 0) is 29.8 Å². The van der Waals surface area contributed by atoms with E-state index >= 15 is 0 Å². The number of fused-ring (bicyclic) bond motifs is 3. The first-order chi connectivity index (χ1) is 15.1. The first kappa shape index (κ1) is 19.7. The summed E-state index contributed by atoms with van der Waals surface area (Å²) >= 11 is 12.1. The maximum atomic E-state index is 12.8. The molecule has 1 heterocycles. The van der Waals surface area contributed by atoms with Gasteiger partial charge in [0.25, 0.3) is 0 Å². The minimum Gasteiger partial charge on any atom is -0.354 e. The predicted octanol–water partition coefficient (Wildman–Crippen LogP) is 7.48. The van der Waals surface area contributed by atoms with Crippen LogP contribution in [0.5, 0.6) is 0 Å². The lowest BCUT2D eigenvalue weighted by atomic mass is 10.00. The van der Waals surface area contributed by atoms with E-state index in [1.165, 1.54) is 5.39 Å². The van der Waals surface area contributed by atoms with Gasteiger partial charge < -0.3 is 10.3 Å². The highest BCUT2D eigenvalue weighted by Gasteiger charge is 2.14. The fourth-order valence-corrected chi connectivity index (χ4v) is 4.27. The monoisotopic (exact) mass is 444 g/mol. The molecule has 0 spiro atoms. The van der Waals surface area contributed by atoms with E-state index in [4.69, 9.17) is 23.2 Å². The molecule has 0 aliphatic rings. The molecule has 0 saturated heterocycles. The van der Waals surface area contributed by atoms with Gasteiger partial charge in [-0.1, -0.05) is 83.9 Å². The number of anilines is 1. The van der Waals surface area contributed by atoms with E-state index in [1.54, 1.807) is 12.1 Å². The van der Waals surface area contributed by atoms with Crippen molar-refractivity contribution in [3.05, 3.63) is 101 Å². The number of para-hydroxylation sites is 3. The molecule has 1 aromatic heterocycles. The summed E-state index contributed by atoms with van der Waals surface area (Å²) in [6, 6.07) is 27.6. The van der Waals surface area contributed by atoms with Gasteiger partial charge >= 0.3 is 0 Å². The smallest absolute Gasteiger partial charge is 0.228 e. The quantitative estimate of drug-likeness (QED) is 0.296. The lowest BCUT2D eigenvalue weighted by Crippen LogP contribution is -2.15. The summed E-state index contributed by atoms with van der Waals surface area (Å²) in [7, 11) is 0. The van der Waals surface area contributed by atoms with Crippen LogP contribution in [0.2, 0.25) is 10.0 Å². The predicted molar refractivity (Wildman–Crippen MR) is 130 cm³/mol. The van der Waals surface area contributed by atoms with Crippen molar-refractivity contribution >= 4 is 56.6 Å². The zero-order valence-electron chi connectivity index (χ0n) is 16.5. The van der Waals surface area contributed by atoms with Crippen LogP contribution < -0.4 is 5.32 Å². The molecule has 0 radical (unpaired) electrons. The topological polar surface area (TPSA) is 44.9 Å². The van der Waals surface area contributed by atoms with Crippen LogP contribution in [-0.4, -0.2) is 10.9 Å². The SMILES string of the molecule is O=C(Cc1ccc(Cl)c(Cl)c1)Nc1ccccc1-c1cccc2c1[nH]c1ccccc12. The number of amides is 1. The van der Waals surface area contributed by atoms with Crippen LogP contribution in [0, 0.1) is 0 Å². The van der Waals surface area contributed by atoms with Crippen LogP contribution in [0.4, 0.5) is 5.69 Å². The molecule has 0 atom stereocenters. The molecule has 0 bridgehead atoms. The summed E-state index contributed by atoms with van der Waals surface area (Å²) in [4.78, 5) is 16.3. The van der Waals surface area contributed by atoms with Crippen molar-refractivity contribution in [2.75, 3.05) is 5.32 Å². The summed E-state index contributed by atoms with van der Waals surface area (Å²) in [5.74, 6) is -0.116. The van der Waals surface area contributed by atoms with Crippen molar-refractivity contribution in [1.82, 2.24) is 4.98 Å². The normalized spacial score (nSPS) is 11.2. The first-order valence-electron chi connectivity index (χ1n) is 9.93. The number of H-pyrrole nitrogens is 1. The molecule has 0 aliphatic carbocycles. The Morgan fingerprint density at radius 2 is 1.52 bits per heavy atom. The van der Waals surface area contributed by atoms with E-state index in [0.717, 1.165) is 38.8 Å². The zero-order valence-corrected chi connectivity index (χ0v) is 18.0. The second-order valence-corrected chi connectivity index (χ2v) is 8.23. The van der Waals surface area contributed by atoms with Crippen LogP contribution >= 0.6 is 23.2 Å². The van der Waals surface area contributed by atoms with Gasteiger partial charge in [-0.2, -0.15) is 0 Å². The fourth-order valence-electron chi connectivity index (χ4n) is 3.95. The van der Waals surface area contributed by atoms with Crippen molar-refractivity contribution in [3.63, 3.8) is 0 Å². The fraction of sp³-hybridized carbons (Fsp3) is 0.0385. The number of halogens is 2. The zero-order chi connectivity index (χ0) is 21.4. The summed E-state index contributed by atoms with van der Waals surface area (Å²) in [6.45, 7) is 0. The number of hydrogen-bond donors (Lipinski definition) is 2. The molecule has 152 valence electrons. The number of benzene rings is 4. The van der Waals surface area contributed by atoms with Crippen LogP contribution in [0.1, 0.15) is 5.56 Å². The Kier molecular flexibility index (Phi) is 5.14.